The van der Waals surface area contributed by atoms with E-state index in [4.69, 9.17) is 4.74 Å². The van der Waals surface area contributed by atoms with Gasteiger partial charge in [-0.2, -0.15) is 0 Å². The van der Waals surface area contributed by atoms with Crippen LogP contribution in [0.15, 0.2) is 0 Å². The summed E-state index contributed by atoms with van der Waals surface area (Å²) in [4.78, 5) is 23.5. The highest BCUT2D eigenvalue weighted by Crippen LogP contribution is 2.45. The lowest BCUT2D eigenvalue weighted by Crippen LogP contribution is -2.50. The Morgan fingerprint density at radius 2 is 1.91 bits per heavy atom. The molecular weight excluding hydrogens is 282 g/mol. The Balaban J connectivity index is 1.69. The van der Waals surface area contributed by atoms with Gasteiger partial charge in [0.05, 0.1) is 0 Å². The number of hydrogen-bond acceptors (Lipinski definition) is 3. The van der Waals surface area contributed by atoms with Crippen molar-refractivity contribution in [1.29, 1.82) is 0 Å². The zero-order valence-corrected chi connectivity index (χ0v) is 13.6. The van der Waals surface area contributed by atoms with Crippen molar-refractivity contribution in [3.8, 4) is 0 Å². The van der Waals surface area contributed by atoms with Gasteiger partial charge in [0.25, 0.3) is 0 Å². The number of hydrogen-bond donors (Lipinski definition) is 3. The number of urea groups is 1. The lowest BCUT2D eigenvalue weighted by Gasteiger charge is -2.39. The molecule has 1 saturated carbocycles. The first-order valence-electron chi connectivity index (χ1n) is 8.55. The lowest BCUT2D eigenvalue weighted by molar-refractivity contribution is -0.120. The van der Waals surface area contributed by atoms with E-state index < -0.39 is 0 Å². The first kappa shape index (κ1) is 17.1. The summed E-state index contributed by atoms with van der Waals surface area (Å²) in [6.07, 6.45) is 6.73. The molecule has 0 aromatic carbocycles. The minimum atomic E-state index is -0.152. The largest absolute Gasteiger partial charge is 0.381 e. The van der Waals surface area contributed by atoms with Crippen LogP contribution in [-0.4, -0.2) is 44.3 Å². The number of carbonyl (C=O) groups is 2. The van der Waals surface area contributed by atoms with E-state index in [1.807, 2.05) is 6.92 Å². The molecule has 0 aromatic rings. The van der Waals surface area contributed by atoms with E-state index in [1.54, 1.807) is 0 Å². The van der Waals surface area contributed by atoms with Crippen LogP contribution in [-0.2, 0) is 9.53 Å². The summed E-state index contributed by atoms with van der Waals surface area (Å²) in [6, 6.07) is 0.0892. The topological polar surface area (TPSA) is 79.5 Å². The third-order valence-corrected chi connectivity index (χ3v) is 4.91. The van der Waals surface area contributed by atoms with Crippen LogP contribution in [0.1, 0.15) is 51.9 Å². The third kappa shape index (κ3) is 4.60. The van der Waals surface area contributed by atoms with Crippen LogP contribution in [0, 0.1) is 5.41 Å². The highest BCUT2D eigenvalue weighted by molar-refractivity contribution is 5.78. The molecule has 126 valence electrons. The molecular formula is C16H29N3O3. The van der Waals surface area contributed by atoms with Gasteiger partial charge in [0.2, 0.25) is 5.91 Å². The average Bonchev–Trinajstić information content (AvgIpc) is 2.88. The van der Waals surface area contributed by atoms with Gasteiger partial charge in [-0.3, -0.25) is 4.79 Å². The molecule has 1 aliphatic carbocycles. The van der Waals surface area contributed by atoms with Crippen LogP contribution < -0.4 is 16.0 Å². The van der Waals surface area contributed by atoms with Crippen molar-refractivity contribution >= 4 is 11.9 Å². The van der Waals surface area contributed by atoms with Crippen molar-refractivity contribution in [2.45, 2.75) is 57.9 Å². The first-order valence-corrected chi connectivity index (χ1v) is 8.55. The van der Waals surface area contributed by atoms with Crippen LogP contribution in [0.3, 0.4) is 0 Å². The molecule has 2 fully saturated rings. The zero-order valence-electron chi connectivity index (χ0n) is 13.6. The van der Waals surface area contributed by atoms with Crippen LogP contribution in [0.5, 0.6) is 0 Å². The van der Waals surface area contributed by atoms with E-state index in [1.165, 1.54) is 12.8 Å². The number of ether oxygens (including phenoxy) is 1. The SMILES string of the molecule is CCCNC(=O)CCNC(=O)N[C@@H]1CCCC12CCOCC2. The van der Waals surface area contributed by atoms with Crippen LogP contribution in [0.25, 0.3) is 0 Å². The quantitative estimate of drug-likeness (QED) is 0.696. The van der Waals surface area contributed by atoms with E-state index in [9.17, 15) is 9.59 Å². The highest BCUT2D eigenvalue weighted by Gasteiger charge is 2.44. The summed E-state index contributed by atoms with van der Waals surface area (Å²) >= 11 is 0. The van der Waals surface area contributed by atoms with Crippen molar-refractivity contribution in [2.75, 3.05) is 26.3 Å². The van der Waals surface area contributed by atoms with E-state index >= 15 is 0 Å². The number of nitrogens with one attached hydrogen (secondary N) is 3. The number of rotatable bonds is 6. The Labute approximate surface area is 132 Å². The normalized spacial score (nSPS) is 23.2. The molecule has 0 aromatic heterocycles. The Kier molecular flexibility index (Phi) is 6.49. The molecule has 1 aliphatic heterocycles. The van der Waals surface area contributed by atoms with Crippen molar-refractivity contribution < 1.29 is 14.3 Å². The van der Waals surface area contributed by atoms with Crippen molar-refractivity contribution in [1.82, 2.24) is 16.0 Å². The van der Waals surface area contributed by atoms with Crippen molar-refractivity contribution in [2.24, 2.45) is 5.41 Å². The van der Waals surface area contributed by atoms with Gasteiger partial charge >= 0.3 is 6.03 Å². The van der Waals surface area contributed by atoms with Crippen LogP contribution >= 0.6 is 0 Å². The summed E-state index contributed by atoms with van der Waals surface area (Å²) in [5.74, 6) is -0.0103. The number of amides is 3. The second-order valence-corrected chi connectivity index (χ2v) is 6.42. The minimum absolute atomic E-state index is 0.0103. The smallest absolute Gasteiger partial charge is 0.315 e. The molecule has 1 spiro atoms. The minimum Gasteiger partial charge on any atom is -0.381 e. The van der Waals surface area contributed by atoms with Crippen LogP contribution in [0.2, 0.25) is 0 Å². The molecule has 2 aliphatic rings. The average molecular weight is 311 g/mol. The molecule has 0 radical (unpaired) electrons. The van der Waals surface area contributed by atoms with Gasteiger partial charge in [-0.25, -0.2) is 4.79 Å². The molecule has 1 heterocycles. The monoisotopic (exact) mass is 311 g/mol. The maximum absolute atomic E-state index is 12.0. The maximum Gasteiger partial charge on any atom is 0.315 e. The summed E-state index contributed by atoms with van der Waals surface area (Å²) < 4.78 is 5.46. The lowest BCUT2D eigenvalue weighted by atomic mass is 9.75. The Morgan fingerprint density at radius 1 is 1.14 bits per heavy atom. The van der Waals surface area contributed by atoms with E-state index in [0.717, 1.165) is 38.9 Å². The molecule has 6 heteroatoms. The molecule has 3 amide bonds. The molecule has 3 N–H and O–H groups in total. The van der Waals surface area contributed by atoms with E-state index in [-0.39, 0.29) is 23.4 Å². The summed E-state index contributed by atoms with van der Waals surface area (Å²) in [5.41, 5.74) is 0.230. The molecule has 22 heavy (non-hydrogen) atoms. The third-order valence-electron chi connectivity index (χ3n) is 4.91. The van der Waals surface area contributed by atoms with Crippen molar-refractivity contribution in [3.63, 3.8) is 0 Å². The molecule has 2 rings (SSSR count). The summed E-state index contributed by atoms with van der Waals surface area (Å²) in [7, 11) is 0. The fraction of sp³-hybridized carbons (Fsp3) is 0.875. The molecule has 0 bridgehead atoms. The predicted octanol–water partition coefficient (Wildman–Crippen LogP) is 1.55. The van der Waals surface area contributed by atoms with Gasteiger partial charge in [0.1, 0.15) is 0 Å². The highest BCUT2D eigenvalue weighted by atomic mass is 16.5. The fourth-order valence-corrected chi connectivity index (χ4v) is 3.59. The summed E-state index contributed by atoms with van der Waals surface area (Å²) in [5, 5.41) is 8.72. The van der Waals surface area contributed by atoms with Gasteiger partial charge in [-0.1, -0.05) is 13.3 Å². The predicted molar refractivity (Wildman–Crippen MR) is 84.6 cm³/mol. The standard InChI is InChI=1S/C16H29N3O3/c1-2-9-17-14(20)5-10-18-15(21)19-13-4-3-6-16(13)7-11-22-12-8-16/h13H,2-12H2,1H3,(H,17,20)(H2,18,19,21)/t13-/m1/s1. The van der Waals surface area contributed by atoms with Gasteiger partial charge in [-0.05, 0) is 37.5 Å². The van der Waals surface area contributed by atoms with Gasteiger partial charge in [0.15, 0.2) is 0 Å². The van der Waals surface area contributed by atoms with E-state index in [0.29, 0.717) is 19.5 Å². The van der Waals surface area contributed by atoms with Gasteiger partial charge < -0.3 is 20.7 Å². The van der Waals surface area contributed by atoms with Crippen LogP contribution in [0.4, 0.5) is 4.79 Å². The molecule has 1 atom stereocenters. The van der Waals surface area contributed by atoms with E-state index in [2.05, 4.69) is 16.0 Å². The van der Waals surface area contributed by atoms with Crippen molar-refractivity contribution in [3.05, 3.63) is 0 Å². The number of carbonyl (C=O) groups excluding carboxylic acids is 2. The maximum atomic E-state index is 12.0. The Morgan fingerprint density at radius 3 is 2.64 bits per heavy atom. The van der Waals surface area contributed by atoms with Gasteiger partial charge in [-0.15, -0.1) is 0 Å². The van der Waals surface area contributed by atoms with Gasteiger partial charge in [0, 0.05) is 38.8 Å². The Hall–Kier alpha value is -1.30. The first-order chi connectivity index (χ1) is 10.7. The zero-order chi connectivity index (χ0) is 15.8. The fourth-order valence-electron chi connectivity index (χ4n) is 3.59. The second-order valence-electron chi connectivity index (χ2n) is 6.42. The molecule has 1 saturated heterocycles. The molecule has 6 nitrogen and oxygen atoms in total. The summed E-state index contributed by atoms with van der Waals surface area (Å²) in [6.45, 7) is 4.69. The molecule has 0 unspecified atom stereocenters. The second kappa shape index (κ2) is 8.36. The Bertz CT molecular complexity index is 381.